The molecule has 0 atom stereocenters. The Labute approximate surface area is 152 Å². The fourth-order valence-corrected chi connectivity index (χ4v) is 4.77. The number of nitrogens with zero attached hydrogens (tertiary/aromatic N) is 4. The third kappa shape index (κ3) is 2.89. The quantitative estimate of drug-likeness (QED) is 0.483. The summed E-state index contributed by atoms with van der Waals surface area (Å²) in [6.07, 6.45) is 0. The first-order chi connectivity index (χ1) is 12.4. The van der Waals surface area contributed by atoms with Crippen molar-refractivity contribution in [3.05, 3.63) is 57.8 Å². The average Bonchev–Trinajstić information content (AvgIpc) is 3.24. The molecule has 1 aliphatic rings. The van der Waals surface area contributed by atoms with E-state index < -0.39 is 14.9 Å². The van der Waals surface area contributed by atoms with Crippen LogP contribution < -0.4 is 0 Å². The molecule has 11 heteroatoms. The summed E-state index contributed by atoms with van der Waals surface area (Å²) in [6.45, 7) is 0.455. The van der Waals surface area contributed by atoms with E-state index in [0.29, 0.717) is 11.7 Å². The van der Waals surface area contributed by atoms with E-state index in [0.717, 1.165) is 4.88 Å². The molecule has 0 N–H and O–H groups in total. The molecule has 0 amide bonds. The van der Waals surface area contributed by atoms with E-state index in [-0.39, 0.29) is 29.6 Å². The molecule has 4 rings (SSSR count). The molecule has 1 saturated heterocycles. The maximum absolute atomic E-state index is 12.6. The van der Waals surface area contributed by atoms with Crippen LogP contribution in [0.2, 0.25) is 0 Å². The van der Waals surface area contributed by atoms with Crippen molar-refractivity contribution in [1.29, 1.82) is 0 Å². The van der Waals surface area contributed by atoms with Crippen LogP contribution in [0.4, 0.5) is 5.69 Å². The highest BCUT2D eigenvalue weighted by atomic mass is 32.2. The zero-order chi connectivity index (χ0) is 18.3. The van der Waals surface area contributed by atoms with E-state index in [9.17, 15) is 18.5 Å². The minimum Gasteiger partial charge on any atom is -0.339 e. The largest absolute Gasteiger partial charge is 0.339 e. The number of rotatable bonds is 5. The lowest BCUT2D eigenvalue weighted by Crippen LogP contribution is -2.48. The first-order valence-corrected chi connectivity index (χ1v) is 9.89. The van der Waals surface area contributed by atoms with Crippen molar-refractivity contribution in [1.82, 2.24) is 14.4 Å². The number of non-ortho nitro benzene ring substituents is 1. The Morgan fingerprint density at radius 1 is 1.23 bits per heavy atom. The van der Waals surface area contributed by atoms with Gasteiger partial charge in [0, 0.05) is 25.2 Å². The summed E-state index contributed by atoms with van der Waals surface area (Å²) in [4.78, 5) is 15.3. The van der Waals surface area contributed by atoms with Crippen LogP contribution in [0.15, 0.2) is 51.2 Å². The van der Waals surface area contributed by atoms with Crippen LogP contribution in [0, 0.1) is 10.1 Å². The first-order valence-electron chi connectivity index (χ1n) is 7.57. The second-order valence-electron chi connectivity index (χ2n) is 5.70. The Kier molecular flexibility index (Phi) is 4.05. The van der Waals surface area contributed by atoms with Gasteiger partial charge in [0.15, 0.2) is 0 Å². The van der Waals surface area contributed by atoms with E-state index in [1.807, 2.05) is 17.5 Å². The van der Waals surface area contributed by atoms with Gasteiger partial charge in [-0.2, -0.15) is 9.29 Å². The summed E-state index contributed by atoms with van der Waals surface area (Å²) in [5.41, 5.74) is -0.155. The second-order valence-corrected chi connectivity index (χ2v) is 8.59. The van der Waals surface area contributed by atoms with Crippen LogP contribution in [-0.2, 0) is 10.0 Å². The van der Waals surface area contributed by atoms with Crippen LogP contribution >= 0.6 is 11.3 Å². The molecule has 26 heavy (non-hydrogen) atoms. The molecule has 9 nitrogen and oxygen atoms in total. The number of benzene rings is 1. The van der Waals surface area contributed by atoms with Crippen LogP contribution in [0.25, 0.3) is 10.7 Å². The molecule has 0 aliphatic carbocycles. The SMILES string of the molecule is O=[N+]([O-])c1ccc(S(=O)(=O)N2CC(c3nc(-c4cccs4)no3)C2)cc1. The minimum atomic E-state index is -3.70. The summed E-state index contributed by atoms with van der Waals surface area (Å²) in [5, 5.41) is 16.5. The van der Waals surface area contributed by atoms with Gasteiger partial charge < -0.3 is 4.52 Å². The molecule has 1 fully saturated rings. The summed E-state index contributed by atoms with van der Waals surface area (Å²) in [7, 11) is -3.70. The molecule has 1 aliphatic heterocycles. The molecule has 134 valence electrons. The normalized spacial score (nSPS) is 15.7. The molecule has 3 heterocycles. The topological polar surface area (TPSA) is 119 Å². The lowest BCUT2D eigenvalue weighted by Gasteiger charge is -2.35. The maximum atomic E-state index is 12.6. The van der Waals surface area contributed by atoms with Gasteiger partial charge in [-0.3, -0.25) is 10.1 Å². The molecular weight excluding hydrogens is 380 g/mol. The number of sulfonamides is 1. The number of aromatic nitrogens is 2. The smallest absolute Gasteiger partial charge is 0.269 e. The fourth-order valence-electron chi connectivity index (χ4n) is 2.59. The molecule has 1 aromatic carbocycles. The van der Waals surface area contributed by atoms with Gasteiger partial charge in [0.25, 0.3) is 5.69 Å². The number of nitro groups is 1. The van der Waals surface area contributed by atoms with Gasteiger partial charge in [0.05, 0.1) is 20.6 Å². The molecule has 3 aromatic rings. The van der Waals surface area contributed by atoms with E-state index >= 15 is 0 Å². The Morgan fingerprint density at radius 2 is 1.96 bits per heavy atom. The van der Waals surface area contributed by atoms with Crippen molar-refractivity contribution >= 4 is 27.0 Å². The van der Waals surface area contributed by atoms with E-state index in [2.05, 4.69) is 10.1 Å². The van der Waals surface area contributed by atoms with Crippen molar-refractivity contribution < 1.29 is 17.9 Å². The van der Waals surface area contributed by atoms with Crippen LogP contribution in [-0.4, -0.2) is 40.9 Å². The summed E-state index contributed by atoms with van der Waals surface area (Å²) >= 11 is 1.49. The summed E-state index contributed by atoms with van der Waals surface area (Å²) in [6, 6.07) is 8.60. The zero-order valence-electron chi connectivity index (χ0n) is 13.2. The van der Waals surface area contributed by atoms with E-state index in [1.54, 1.807) is 0 Å². The van der Waals surface area contributed by atoms with Crippen LogP contribution in [0.1, 0.15) is 11.8 Å². The summed E-state index contributed by atoms with van der Waals surface area (Å²) in [5.74, 6) is 0.735. The molecule has 0 saturated carbocycles. The van der Waals surface area contributed by atoms with Crippen LogP contribution in [0.5, 0.6) is 0 Å². The number of thiophene rings is 1. The standard InChI is InChI=1S/C15H12N4O5S2/c20-19(21)11-3-5-12(6-4-11)26(22,23)18-8-10(9-18)15-16-14(17-24-15)13-2-1-7-25-13/h1-7,10H,8-9H2. The van der Waals surface area contributed by atoms with Gasteiger partial charge in [0.1, 0.15) is 0 Å². The first kappa shape index (κ1) is 16.8. The molecule has 0 bridgehead atoms. The number of hydrogen-bond donors (Lipinski definition) is 0. The van der Waals surface area contributed by atoms with Gasteiger partial charge >= 0.3 is 0 Å². The van der Waals surface area contributed by atoms with Crippen molar-refractivity contribution in [2.75, 3.05) is 13.1 Å². The average molecular weight is 392 g/mol. The number of nitro benzene ring substituents is 1. The third-order valence-corrected chi connectivity index (χ3v) is 6.78. The monoisotopic (exact) mass is 392 g/mol. The molecular formula is C15H12N4O5S2. The fraction of sp³-hybridized carbons (Fsp3) is 0.200. The minimum absolute atomic E-state index is 0.0198. The van der Waals surface area contributed by atoms with Gasteiger partial charge in [-0.15, -0.1) is 11.3 Å². The Balaban J connectivity index is 1.46. The predicted molar refractivity (Wildman–Crippen MR) is 92.2 cm³/mol. The molecule has 2 aromatic heterocycles. The van der Waals surface area contributed by atoms with Crippen molar-refractivity contribution in [3.8, 4) is 10.7 Å². The van der Waals surface area contributed by atoms with Gasteiger partial charge in [-0.1, -0.05) is 11.2 Å². The van der Waals surface area contributed by atoms with Crippen LogP contribution in [0.3, 0.4) is 0 Å². The lowest BCUT2D eigenvalue weighted by atomic mass is 10.0. The molecule has 0 spiro atoms. The Morgan fingerprint density at radius 3 is 2.58 bits per heavy atom. The zero-order valence-corrected chi connectivity index (χ0v) is 14.8. The summed E-state index contributed by atoms with van der Waals surface area (Å²) < 4.78 is 31.6. The molecule has 0 radical (unpaired) electrons. The van der Waals surface area contributed by atoms with Gasteiger partial charge in [0.2, 0.25) is 21.7 Å². The van der Waals surface area contributed by atoms with Crippen molar-refractivity contribution in [2.24, 2.45) is 0 Å². The lowest BCUT2D eigenvalue weighted by molar-refractivity contribution is -0.384. The molecule has 0 unspecified atom stereocenters. The third-order valence-electron chi connectivity index (χ3n) is 4.07. The Hall–Kier alpha value is -2.63. The second kappa shape index (κ2) is 6.27. The van der Waals surface area contributed by atoms with Crippen molar-refractivity contribution in [2.45, 2.75) is 10.8 Å². The van der Waals surface area contributed by atoms with Crippen molar-refractivity contribution in [3.63, 3.8) is 0 Å². The highest BCUT2D eigenvalue weighted by Gasteiger charge is 2.40. The van der Waals surface area contributed by atoms with Gasteiger partial charge in [-0.05, 0) is 23.6 Å². The number of hydrogen-bond acceptors (Lipinski definition) is 8. The highest BCUT2D eigenvalue weighted by Crippen LogP contribution is 2.33. The van der Waals surface area contributed by atoms with Gasteiger partial charge in [-0.25, -0.2) is 8.42 Å². The predicted octanol–water partition coefficient (Wildman–Crippen LogP) is 2.49. The highest BCUT2D eigenvalue weighted by molar-refractivity contribution is 7.89. The van der Waals surface area contributed by atoms with E-state index in [4.69, 9.17) is 4.52 Å². The Bertz CT molecular complexity index is 1040. The van der Waals surface area contributed by atoms with E-state index in [1.165, 1.54) is 39.9 Å². The maximum Gasteiger partial charge on any atom is 0.269 e.